The molecular weight excluding hydrogens is 474 g/mol. The van der Waals surface area contributed by atoms with Gasteiger partial charge in [-0.05, 0) is 31.4 Å². The van der Waals surface area contributed by atoms with Crippen molar-refractivity contribution in [2.24, 2.45) is 21.5 Å². The summed E-state index contributed by atoms with van der Waals surface area (Å²) in [5.74, 6) is -1.20. The van der Waals surface area contributed by atoms with Gasteiger partial charge < -0.3 is 31.9 Å². The summed E-state index contributed by atoms with van der Waals surface area (Å²) in [4.78, 5) is 21.9. The fourth-order valence-electron chi connectivity index (χ4n) is 3.86. The molecule has 0 radical (unpaired) electrons. The molecule has 2 aliphatic rings. The highest BCUT2D eigenvalue weighted by molar-refractivity contribution is 6.48. The van der Waals surface area contributed by atoms with Crippen LogP contribution in [-0.2, 0) is 24.4 Å². The molecule has 0 bridgehead atoms. The minimum atomic E-state index is -0.997. The first-order valence-electron chi connectivity index (χ1n) is 11.9. The quantitative estimate of drug-likeness (QED) is 0.240. The van der Waals surface area contributed by atoms with Crippen LogP contribution in [0.2, 0.25) is 0 Å². The molecule has 12 nitrogen and oxygen atoms in total. The third-order valence-electron chi connectivity index (χ3n) is 5.67. The molecule has 1 aromatic carbocycles. The fourth-order valence-corrected chi connectivity index (χ4v) is 3.86. The van der Waals surface area contributed by atoms with Crippen LogP contribution in [-0.4, -0.2) is 54.3 Å². The molecular formula is C25H33N9O3. The number of aliphatic imine (C=N–C) groups is 2. The Morgan fingerprint density at radius 1 is 1.19 bits per heavy atom. The lowest BCUT2D eigenvalue weighted by atomic mass is 10.1. The van der Waals surface area contributed by atoms with Gasteiger partial charge in [0.2, 0.25) is 6.17 Å². The van der Waals surface area contributed by atoms with E-state index in [0.29, 0.717) is 24.4 Å². The van der Waals surface area contributed by atoms with E-state index in [-0.39, 0.29) is 35.4 Å². The molecule has 2 aliphatic heterocycles. The van der Waals surface area contributed by atoms with E-state index in [1.807, 2.05) is 45.0 Å². The molecule has 3 heterocycles. The number of carbonyl (C=O) groups excluding carboxylic acids is 1. The molecule has 37 heavy (non-hydrogen) atoms. The van der Waals surface area contributed by atoms with Gasteiger partial charge in [0.15, 0.2) is 17.4 Å². The Morgan fingerprint density at radius 3 is 2.46 bits per heavy atom. The van der Waals surface area contributed by atoms with Crippen LogP contribution < -0.4 is 16.8 Å². The summed E-state index contributed by atoms with van der Waals surface area (Å²) in [6.07, 6.45) is 2.89. The maximum atomic E-state index is 11.9. The van der Waals surface area contributed by atoms with Crippen LogP contribution in [0.1, 0.15) is 43.3 Å². The summed E-state index contributed by atoms with van der Waals surface area (Å²) in [7, 11) is 0. The summed E-state index contributed by atoms with van der Waals surface area (Å²) in [6.45, 7) is 7.84. The first-order chi connectivity index (χ1) is 17.7. The summed E-state index contributed by atoms with van der Waals surface area (Å²) >= 11 is 0. The Hall–Kier alpha value is -4.45. The van der Waals surface area contributed by atoms with Gasteiger partial charge in [0.25, 0.3) is 5.91 Å². The number of hydrogen-bond acceptors (Lipinski definition) is 8. The Bertz CT molecular complexity index is 1300. The smallest absolute Gasteiger partial charge is 0.263 e. The molecule has 2 aromatic rings. The van der Waals surface area contributed by atoms with E-state index in [9.17, 15) is 15.0 Å². The standard InChI is InChI=1S/C23H27N9O3.C2H6/c1-12-10-31-16(9-27-12)17(28-23(31)22(26)35)20(24)29-21(25)18-19(34)13(2)30-32(18)8-7-14-3-5-15(11-33)6-4-14;1-2/h3-6,9-10,23,27,33-34H,7-8,11H2,1-2H3,(H2,26,35)(H3,24,25,29);1-2H3. The number of hydrogen-bond donors (Lipinski definition) is 6. The number of allylic oxidation sites excluding steroid dienone is 1. The molecule has 1 atom stereocenters. The third kappa shape index (κ3) is 5.70. The average molecular weight is 508 g/mol. The van der Waals surface area contributed by atoms with E-state index in [0.717, 1.165) is 16.8 Å². The molecule has 12 heteroatoms. The normalized spacial score (nSPS) is 16.6. The summed E-state index contributed by atoms with van der Waals surface area (Å²) < 4.78 is 1.54. The number of aromatic nitrogens is 2. The Balaban J connectivity index is 0.00000186. The molecule has 0 saturated carbocycles. The SMILES string of the molecule is CC.CC1=CN2C(=CN1)C(C(=N)N=C(N)c1c(O)c(C)nn1CCc1ccc(CO)cc1)=NC2C(N)=O. The molecule has 1 amide bonds. The zero-order chi connectivity index (χ0) is 27.3. The van der Waals surface area contributed by atoms with Gasteiger partial charge in [-0.15, -0.1) is 0 Å². The summed E-state index contributed by atoms with van der Waals surface area (Å²) in [5.41, 5.74) is 15.5. The Kier molecular flexibility index (Phi) is 8.45. The summed E-state index contributed by atoms with van der Waals surface area (Å²) in [5, 5.41) is 35.7. The van der Waals surface area contributed by atoms with E-state index < -0.39 is 12.1 Å². The zero-order valence-corrected chi connectivity index (χ0v) is 21.4. The van der Waals surface area contributed by atoms with E-state index in [4.69, 9.17) is 16.9 Å². The number of aryl methyl sites for hydroxylation is 3. The number of rotatable bonds is 7. The molecule has 0 spiro atoms. The Morgan fingerprint density at radius 2 is 1.84 bits per heavy atom. The molecule has 1 unspecified atom stereocenters. The van der Waals surface area contributed by atoms with Crippen molar-refractivity contribution >= 4 is 23.3 Å². The third-order valence-corrected chi connectivity index (χ3v) is 5.67. The molecule has 1 aromatic heterocycles. The van der Waals surface area contributed by atoms with E-state index in [2.05, 4.69) is 20.4 Å². The van der Waals surface area contributed by atoms with Crippen LogP contribution in [0.4, 0.5) is 0 Å². The van der Waals surface area contributed by atoms with Crippen LogP contribution in [0.15, 0.2) is 58.0 Å². The molecule has 0 fully saturated rings. The molecule has 8 N–H and O–H groups in total. The highest BCUT2D eigenvalue weighted by Crippen LogP contribution is 2.26. The number of nitrogens with two attached hydrogens (primary N) is 2. The van der Waals surface area contributed by atoms with E-state index in [1.165, 1.54) is 0 Å². The predicted molar refractivity (Wildman–Crippen MR) is 142 cm³/mol. The Labute approximate surface area is 215 Å². The van der Waals surface area contributed by atoms with Gasteiger partial charge in [-0.1, -0.05) is 38.1 Å². The second kappa shape index (κ2) is 11.5. The molecule has 4 rings (SSSR count). The van der Waals surface area contributed by atoms with Gasteiger partial charge in [0, 0.05) is 24.6 Å². The van der Waals surface area contributed by atoms with Crippen molar-refractivity contribution in [1.29, 1.82) is 5.41 Å². The van der Waals surface area contributed by atoms with Gasteiger partial charge in [-0.2, -0.15) is 5.10 Å². The van der Waals surface area contributed by atoms with Crippen LogP contribution in [0.25, 0.3) is 0 Å². The molecule has 0 saturated heterocycles. The lowest BCUT2D eigenvalue weighted by Gasteiger charge is -2.25. The van der Waals surface area contributed by atoms with Crippen molar-refractivity contribution in [2.75, 3.05) is 0 Å². The van der Waals surface area contributed by atoms with Crippen molar-refractivity contribution in [2.45, 2.75) is 53.4 Å². The van der Waals surface area contributed by atoms with Crippen LogP contribution in [0, 0.1) is 12.3 Å². The number of carbonyl (C=O) groups is 1. The lowest BCUT2D eigenvalue weighted by Crippen LogP contribution is -2.39. The minimum Gasteiger partial charge on any atom is -0.504 e. The van der Waals surface area contributed by atoms with Crippen molar-refractivity contribution in [3.8, 4) is 5.75 Å². The van der Waals surface area contributed by atoms with Gasteiger partial charge in [-0.3, -0.25) is 14.9 Å². The van der Waals surface area contributed by atoms with Crippen molar-refractivity contribution in [1.82, 2.24) is 20.0 Å². The molecule has 0 aliphatic carbocycles. The number of nitrogens with zero attached hydrogens (tertiary/aromatic N) is 5. The topological polar surface area (TPSA) is 191 Å². The van der Waals surface area contributed by atoms with Crippen molar-refractivity contribution in [3.63, 3.8) is 0 Å². The maximum absolute atomic E-state index is 11.9. The predicted octanol–water partition coefficient (Wildman–Crippen LogP) is 1.21. The summed E-state index contributed by atoms with van der Waals surface area (Å²) in [6, 6.07) is 7.51. The number of primary amides is 1. The fraction of sp³-hybridized carbons (Fsp3) is 0.320. The first-order valence-corrected chi connectivity index (χ1v) is 11.9. The second-order valence-electron chi connectivity index (χ2n) is 8.22. The van der Waals surface area contributed by atoms with E-state index >= 15 is 0 Å². The zero-order valence-electron chi connectivity index (χ0n) is 21.4. The van der Waals surface area contributed by atoms with Gasteiger partial charge in [0.05, 0.1) is 12.3 Å². The highest BCUT2D eigenvalue weighted by Gasteiger charge is 2.36. The van der Waals surface area contributed by atoms with E-state index in [1.54, 1.807) is 28.9 Å². The van der Waals surface area contributed by atoms with Crippen LogP contribution in [0.3, 0.4) is 0 Å². The monoisotopic (exact) mass is 507 g/mol. The maximum Gasteiger partial charge on any atom is 0.263 e. The number of aliphatic hydroxyl groups is 1. The lowest BCUT2D eigenvalue weighted by molar-refractivity contribution is -0.121. The van der Waals surface area contributed by atoms with Gasteiger partial charge in [-0.25, -0.2) is 9.98 Å². The minimum absolute atomic E-state index is 0.0261. The largest absolute Gasteiger partial charge is 0.504 e. The number of amides is 1. The number of aromatic hydroxyl groups is 1. The number of aliphatic hydroxyl groups excluding tert-OH is 1. The van der Waals surface area contributed by atoms with Gasteiger partial charge >= 0.3 is 0 Å². The number of benzene rings is 1. The van der Waals surface area contributed by atoms with Crippen molar-refractivity contribution < 1.29 is 15.0 Å². The molecule has 196 valence electrons. The van der Waals surface area contributed by atoms with Crippen LogP contribution in [0.5, 0.6) is 5.75 Å². The first kappa shape index (κ1) is 27.1. The average Bonchev–Trinajstić information content (AvgIpc) is 3.41. The highest BCUT2D eigenvalue weighted by atomic mass is 16.3. The number of fused-ring (bicyclic) bond motifs is 1. The van der Waals surface area contributed by atoms with Crippen LogP contribution >= 0.6 is 0 Å². The second-order valence-corrected chi connectivity index (χ2v) is 8.22. The number of amidine groups is 2. The number of nitrogens with one attached hydrogen (secondary N) is 2. The van der Waals surface area contributed by atoms with Crippen molar-refractivity contribution in [3.05, 3.63) is 70.6 Å². The van der Waals surface area contributed by atoms with Gasteiger partial charge in [0.1, 0.15) is 17.1 Å².